The lowest BCUT2D eigenvalue weighted by molar-refractivity contribution is -0.136. The summed E-state index contributed by atoms with van der Waals surface area (Å²) in [5, 5.41) is 9.98. The molecule has 1 heterocycles. The molecule has 126 valence electrons. The predicted octanol–water partition coefficient (Wildman–Crippen LogP) is 3.01. The number of rotatable bonds is 3. The molecule has 1 aliphatic carbocycles. The number of hydrogen-bond acceptors (Lipinski definition) is 4. The Balaban J connectivity index is 2.08. The molecular formula is C19H21NO4. The van der Waals surface area contributed by atoms with Crippen LogP contribution in [0.1, 0.15) is 38.2 Å². The smallest absolute Gasteiger partial charge is 0.340 e. The third kappa shape index (κ3) is 2.70. The van der Waals surface area contributed by atoms with Crippen LogP contribution in [0.2, 0.25) is 0 Å². The topological polar surface area (TPSA) is 66.8 Å². The highest BCUT2D eigenvalue weighted by molar-refractivity contribution is 6.16. The molecule has 0 bridgehead atoms. The lowest BCUT2D eigenvalue weighted by Crippen LogP contribution is -2.34. The first kappa shape index (κ1) is 16.3. The van der Waals surface area contributed by atoms with Gasteiger partial charge in [-0.2, -0.15) is 0 Å². The normalized spacial score (nSPS) is 20.3. The predicted molar refractivity (Wildman–Crippen MR) is 89.9 cm³/mol. The maximum Gasteiger partial charge on any atom is 0.340 e. The van der Waals surface area contributed by atoms with Crippen molar-refractivity contribution in [3.63, 3.8) is 0 Å². The number of benzene rings is 1. The van der Waals surface area contributed by atoms with Gasteiger partial charge in [-0.05, 0) is 31.9 Å². The van der Waals surface area contributed by atoms with Crippen LogP contribution in [-0.4, -0.2) is 35.0 Å². The monoisotopic (exact) mass is 327 g/mol. The fraction of sp³-hybridized carbons (Fsp3) is 0.368. The summed E-state index contributed by atoms with van der Waals surface area (Å²) in [6.45, 7) is 1.79. The van der Waals surface area contributed by atoms with E-state index in [2.05, 4.69) is 0 Å². The average Bonchev–Trinajstić information content (AvgIpc) is 3.16. The number of allylic oxidation sites excluding steroid dienone is 1. The number of aromatic hydroxyl groups is 1. The van der Waals surface area contributed by atoms with Crippen molar-refractivity contribution in [3.8, 4) is 5.75 Å². The van der Waals surface area contributed by atoms with Crippen LogP contribution < -0.4 is 0 Å². The van der Waals surface area contributed by atoms with Gasteiger partial charge in [0.2, 0.25) is 0 Å². The lowest BCUT2D eigenvalue weighted by atomic mass is 10.0. The van der Waals surface area contributed by atoms with Gasteiger partial charge < -0.3 is 14.7 Å². The van der Waals surface area contributed by atoms with Crippen LogP contribution >= 0.6 is 0 Å². The van der Waals surface area contributed by atoms with Crippen molar-refractivity contribution in [3.05, 3.63) is 46.7 Å². The fourth-order valence-corrected chi connectivity index (χ4v) is 3.57. The summed E-state index contributed by atoms with van der Waals surface area (Å²) in [6, 6.07) is 6.87. The molecule has 1 amide bonds. The Morgan fingerprint density at radius 1 is 1.29 bits per heavy atom. The van der Waals surface area contributed by atoms with Crippen LogP contribution in [0, 0.1) is 0 Å². The van der Waals surface area contributed by atoms with Crippen molar-refractivity contribution in [2.45, 2.75) is 38.6 Å². The van der Waals surface area contributed by atoms with E-state index in [-0.39, 0.29) is 28.8 Å². The van der Waals surface area contributed by atoms with Crippen molar-refractivity contribution in [1.82, 2.24) is 4.90 Å². The maximum absolute atomic E-state index is 13.0. The highest BCUT2D eigenvalue weighted by atomic mass is 16.5. The summed E-state index contributed by atoms with van der Waals surface area (Å²) in [5.74, 6) is -0.648. The van der Waals surface area contributed by atoms with Crippen molar-refractivity contribution in [2.24, 2.45) is 0 Å². The Morgan fingerprint density at radius 2 is 1.96 bits per heavy atom. The van der Waals surface area contributed by atoms with Crippen molar-refractivity contribution >= 4 is 18.0 Å². The first-order valence-corrected chi connectivity index (χ1v) is 8.17. The average molecular weight is 327 g/mol. The van der Waals surface area contributed by atoms with Gasteiger partial charge >= 0.3 is 5.97 Å². The highest BCUT2D eigenvalue weighted by Gasteiger charge is 2.41. The van der Waals surface area contributed by atoms with Crippen LogP contribution in [0.25, 0.3) is 6.08 Å². The summed E-state index contributed by atoms with van der Waals surface area (Å²) in [7, 11) is 1.31. The summed E-state index contributed by atoms with van der Waals surface area (Å²) < 4.78 is 4.88. The number of para-hydroxylation sites is 1. The Bertz CT molecular complexity index is 741. The summed E-state index contributed by atoms with van der Waals surface area (Å²) in [4.78, 5) is 27.0. The molecule has 1 fully saturated rings. The van der Waals surface area contributed by atoms with Gasteiger partial charge in [-0.25, -0.2) is 4.79 Å². The van der Waals surface area contributed by atoms with E-state index in [4.69, 9.17) is 4.74 Å². The van der Waals surface area contributed by atoms with E-state index in [1.807, 2.05) is 0 Å². The highest BCUT2D eigenvalue weighted by Crippen LogP contribution is 2.37. The number of nitrogens with zero attached hydrogens (tertiary/aromatic N) is 1. The van der Waals surface area contributed by atoms with Gasteiger partial charge in [-0.3, -0.25) is 4.79 Å². The quantitative estimate of drug-likeness (QED) is 0.684. The molecule has 24 heavy (non-hydrogen) atoms. The molecule has 2 aliphatic rings. The minimum atomic E-state index is -0.525. The molecule has 1 aromatic carbocycles. The van der Waals surface area contributed by atoms with E-state index in [1.54, 1.807) is 42.2 Å². The first-order chi connectivity index (χ1) is 11.5. The minimum absolute atomic E-state index is 0.0685. The molecule has 0 radical (unpaired) electrons. The van der Waals surface area contributed by atoms with E-state index in [9.17, 15) is 14.7 Å². The molecule has 0 spiro atoms. The van der Waals surface area contributed by atoms with Crippen LogP contribution in [0.4, 0.5) is 0 Å². The second-order valence-corrected chi connectivity index (χ2v) is 6.18. The van der Waals surface area contributed by atoms with Crippen LogP contribution in [0.15, 0.2) is 41.1 Å². The Morgan fingerprint density at radius 3 is 2.58 bits per heavy atom. The molecule has 0 unspecified atom stereocenters. The summed E-state index contributed by atoms with van der Waals surface area (Å²) in [5.41, 5.74) is 1.72. The SMILES string of the molecule is COC(=O)C1=C(C)N(C2CCCC2)C(=O)/C1=C\c1ccccc1O. The number of amides is 1. The molecule has 0 atom stereocenters. The summed E-state index contributed by atoms with van der Waals surface area (Å²) >= 11 is 0. The molecule has 1 N–H and O–H groups in total. The van der Waals surface area contributed by atoms with Gasteiger partial charge in [0, 0.05) is 17.3 Å². The second-order valence-electron chi connectivity index (χ2n) is 6.18. The minimum Gasteiger partial charge on any atom is -0.507 e. The molecule has 0 saturated heterocycles. The number of phenolic OH excluding ortho intramolecular Hbond substituents is 1. The van der Waals surface area contributed by atoms with Crippen molar-refractivity contribution < 1.29 is 19.4 Å². The van der Waals surface area contributed by atoms with E-state index in [0.29, 0.717) is 11.3 Å². The van der Waals surface area contributed by atoms with Crippen molar-refractivity contribution in [1.29, 1.82) is 0 Å². The number of esters is 1. The van der Waals surface area contributed by atoms with Crippen LogP contribution in [0.3, 0.4) is 0 Å². The third-order valence-electron chi connectivity index (χ3n) is 4.76. The van der Waals surface area contributed by atoms with Gasteiger partial charge in [0.05, 0.1) is 18.3 Å². The number of carbonyl (C=O) groups is 2. The molecule has 1 aliphatic heterocycles. The molecular weight excluding hydrogens is 306 g/mol. The zero-order valence-electron chi connectivity index (χ0n) is 13.9. The van der Waals surface area contributed by atoms with E-state index in [1.165, 1.54) is 7.11 Å². The number of phenols is 1. The number of carbonyl (C=O) groups excluding carboxylic acids is 2. The molecule has 1 aromatic rings. The fourth-order valence-electron chi connectivity index (χ4n) is 3.57. The van der Waals surface area contributed by atoms with E-state index < -0.39 is 5.97 Å². The van der Waals surface area contributed by atoms with E-state index >= 15 is 0 Å². The van der Waals surface area contributed by atoms with Gasteiger partial charge in [0.25, 0.3) is 5.91 Å². The molecule has 1 saturated carbocycles. The van der Waals surface area contributed by atoms with Gasteiger partial charge in [-0.15, -0.1) is 0 Å². The van der Waals surface area contributed by atoms with Crippen LogP contribution in [0.5, 0.6) is 5.75 Å². The van der Waals surface area contributed by atoms with Gasteiger partial charge in [-0.1, -0.05) is 31.0 Å². The largest absolute Gasteiger partial charge is 0.507 e. The molecule has 0 aromatic heterocycles. The zero-order chi connectivity index (χ0) is 17.3. The second kappa shape index (κ2) is 6.51. The first-order valence-electron chi connectivity index (χ1n) is 8.17. The Hall–Kier alpha value is -2.56. The lowest BCUT2D eigenvalue weighted by Gasteiger charge is -2.25. The van der Waals surface area contributed by atoms with E-state index in [0.717, 1.165) is 25.7 Å². The molecule has 5 nitrogen and oxygen atoms in total. The van der Waals surface area contributed by atoms with Crippen molar-refractivity contribution in [2.75, 3.05) is 7.11 Å². The maximum atomic E-state index is 13.0. The Labute approximate surface area is 141 Å². The standard InChI is InChI=1S/C19H21NO4/c1-12-17(19(23)24-2)15(11-13-7-3-6-10-16(13)21)18(22)20(12)14-8-4-5-9-14/h3,6-7,10-11,14,21H,4-5,8-9H2,1-2H3/b15-11-. The number of hydrogen-bond donors (Lipinski definition) is 1. The van der Waals surface area contributed by atoms with Gasteiger partial charge in [0.15, 0.2) is 0 Å². The molecule has 5 heteroatoms. The molecule has 3 rings (SSSR count). The van der Waals surface area contributed by atoms with Crippen LogP contribution in [-0.2, 0) is 14.3 Å². The van der Waals surface area contributed by atoms with Gasteiger partial charge in [0.1, 0.15) is 5.75 Å². The Kier molecular flexibility index (Phi) is 4.42. The summed E-state index contributed by atoms with van der Waals surface area (Å²) in [6.07, 6.45) is 5.65. The number of ether oxygens (including phenoxy) is 1. The third-order valence-corrected chi connectivity index (χ3v) is 4.76. The zero-order valence-corrected chi connectivity index (χ0v) is 13.9. The number of methoxy groups -OCH3 is 1.